The molecule has 0 unspecified atom stereocenters. The smallest absolute Gasteiger partial charge is 0.250 e. The number of hydrogen-bond acceptors (Lipinski definition) is 7. The van der Waals surface area contributed by atoms with Crippen molar-refractivity contribution in [2.45, 2.75) is 16.8 Å². The second-order valence-corrected chi connectivity index (χ2v) is 8.45. The molecule has 164 valence electrons. The first-order chi connectivity index (χ1) is 15.6. The van der Waals surface area contributed by atoms with Crippen LogP contribution in [0.2, 0.25) is 0 Å². The highest BCUT2D eigenvalue weighted by Crippen LogP contribution is 2.29. The van der Waals surface area contributed by atoms with Gasteiger partial charge in [-0.15, -0.1) is 0 Å². The van der Waals surface area contributed by atoms with Crippen LogP contribution in [0.1, 0.15) is 6.92 Å². The Kier molecular flexibility index (Phi) is 7.03. The van der Waals surface area contributed by atoms with E-state index in [-0.39, 0.29) is 5.91 Å². The van der Waals surface area contributed by atoms with Crippen LogP contribution in [0.5, 0.6) is 0 Å². The maximum atomic E-state index is 11.9. The molecule has 0 atom stereocenters. The van der Waals surface area contributed by atoms with Crippen molar-refractivity contribution in [3.8, 4) is 0 Å². The number of ether oxygens (including phenoxy) is 1. The fourth-order valence-electron chi connectivity index (χ4n) is 3.16. The van der Waals surface area contributed by atoms with Crippen molar-refractivity contribution in [1.29, 1.82) is 0 Å². The van der Waals surface area contributed by atoms with E-state index in [1.54, 1.807) is 13.1 Å². The summed E-state index contributed by atoms with van der Waals surface area (Å²) in [5.74, 6) is 0.334. The van der Waals surface area contributed by atoms with Gasteiger partial charge in [-0.2, -0.15) is 0 Å². The van der Waals surface area contributed by atoms with Crippen LogP contribution in [0.3, 0.4) is 0 Å². The number of hydrogen-bond donors (Lipinski definition) is 2. The molecule has 7 nitrogen and oxygen atoms in total. The standard InChI is InChI=1S/C24H25N5O2S/c1-17(2)23(30)26-19-4-3-5-21(16-19)32-22-10-11-25-24(28-22)27-18-6-8-20(9-7-18)29-12-14-31-15-13-29/h3-11,16H,1,12-15H2,2H3,(H,26,30)(H,25,27,28). The first-order valence-electron chi connectivity index (χ1n) is 10.3. The largest absolute Gasteiger partial charge is 0.378 e. The summed E-state index contributed by atoms with van der Waals surface area (Å²) >= 11 is 1.50. The van der Waals surface area contributed by atoms with Crippen molar-refractivity contribution in [3.63, 3.8) is 0 Å². The van der Waals surface area contributed by atoms with E-state index < -0.39 is 0 Å². The van der Waals surface area contributed by atoms with Gasteiger partial charge in [-0.25, -0.2) is 9.97 Å². The number of benzene rings is 2. The Bertz CT molecular complexity index is 1100. The van der Waals surface area contributed by atoms with E-state index in [0.29, 0.717) is 11.5 Å². The molecule has 4 rings (SSSR count). The number of rotatable bonds is 7. The van der Waals surface area contributed by atoms with E-state index in [1.165, 1.54) is 17.4 Å². The number of amides is 1. The lowest BCUT2D eigenvalue weighted by Gasteiger charge is -2.28. The van der Waals surface area contributed by atoms with Crippen LogP contribution in [0.15, 0.2) is 82.9 Å². The Morgan fingerprint density at radius 1 is 1.09 bits per heavy atom. The molecule has 3 aromatic rings. The molecule has 0 saturated carbocycles. The average molecular weight is 448 g/mol. The zero-order valence-corrected chi connectivity index (χ0v) is 18.7. The molecule has 32 heavy (non-hydrogen) atoms. The first kappa shape index (κ1) is 21.9. The molecule has 0 radical (unpaired) electrons. The van der Waals surface area contributed by atoms with E-state index in [0.717, 1.165) is 47.6 Å². The number of morpholine rings is 1. The number of aromatic nitrogens is 2. The van der Waals surface area contributed by atoms with Crippen LogP contribution in [0.25, 0.3) is 0 Å². The van der Waals surface area contributed by atoms with Gasteiger partial charge < -0.3 is 20.3 Å². The predicted octanol–water partition coefficient (Wildman–Crippen LogP) is 4.72. The molecule has 1 amide bonds. The van der Waals surface area contributed by atoms with E-state index in [9.17, 15) is 4.79 Å². The lowest BCUT2D eigenvalue weighted by atomic mass is 10.2. The Labute approximate surface area is 191 Å². The van der Waals surface area contributed by atoms with Gasteiger partial charge >= 0.3 is 0 Å². The molecular weight excluding hydrogens is 422 g/mol. The minimum atomic E-state index is -0.194. The Morgan fingerprint density at radius 2 is 1.88 bits per heavy atom. The molecule has 1 aliphatic rings. The van der Waals surface area contributed by atoms with Crippen molar-refractivity contribution in [2.24, 2.45) is 0 Å². The SMILES string of the molecule is C=C(C)C(=O)Nc1cccc(Sc2ccnc(Nc3ccc(N4CCOCC4)cc3)n2)c1. The summed E-state index contributed by atoms with van der Waals surface area (Å²) in [5.41, 5.74) is 3.29. The molecule has 2 aromatic carbocycles. The second-order valence-electron chi connectivity index (χ2n) is 7.35. The molecular formula is C24H25N5O2S. The molecule has 0 spiro atoms. The van der Waals surface area contributed by atoms with Crippen LogP contribution >= 0.6 is 11.8 Å². The van der Waals surface area contributed by atoms with Crippen molar-refractivity contribution < 1.29 is 9.53 Å². The predicted molar refractivity (Wildman–Crippen MR) is 129 cm³/mol. The highest BCUT2D eigenvalue weighted by Gasteiger charge is 2.11. The highest BCUT2D eigenvalue weighted by molar-refractivity contribution is 7.99. The lowest BCUT2D eigenvalue weighted by molar-refractivity contribution is -0.112. The highest BCUT2D eigenvalue weighted by atomic mass is 32.2. The fourth-order valence-corrected chi connectivity index (χ4v) is 4.00. The third kappa shape index (κ3) is 5.87. The zero-order valence-electron chi connectivity index (χ0n) is 17.9. The summed E-state index contributed by atoms with van der Waals surface area (Å²) in [6.07, 6.45) is 1.73. The molecule has 8 heteroatoms. The monoisotopic (exact) mass is 447 g/mol. The summed E-state index contributed by atoms with van der Waals surface area (Å²) < 4.78 is 5.42. The number of anilines is 4. The quantitative estimate of drug-likeness (QED) is 0.401. The lowest BCUT2D eigenvalue weighted by Crippen LogP contribution is -2.36. The maximum Gasteiger partial charge on any atom is 0.250 e. The summed E-state index contributed by atoms with van der Waals surface area (Å²) in [5, 5.41) is 6.90. The zero-order chi connectivity index (χ0) is 22.3. The van der Waals surface area contributed by atoms with Gasteiger partial charge in [0, 0.05) is 46.8 Å². The average Bonchev–Trinajstić information content (AvgIpc) is 2.80. The van der Waals surface area contributed by atoms with Crippen LogP contribution < -0.4 is 15.5 Å². The molecule has 1 saturated heterocycles. The van der Waals surface area contributed by atoms with Gasteiger partial charge in [0.1, 0.15) is 5.03 Å². The van der Waals surface area contributed by atoms with E-state index in [4.69, 9.17) is 4.74 Å². The Hall–Kier alpha value is -3.36. The number of nitrogens with one attached hydrogen (secondary N) is 2. The van der Waals surface area contributed by atoms with Gasteiger partial charge in [0.05, 0.1) is 13.2 Å². The van der Waals surface area contributed by atoms with E-state index >= 15 is 0 Å². The molecule has 1 fully saturated rings. The van der Waals surface area contributed by atoms with Crippen LogP contribution in [-0.2, 0) is 9.53 Å². The topological polar surface area (TPSA) is 79.4 Å². The van der Waals surface area contributed by atoms with Crippen LogP contribution in [0, 0.1) is 0 Å². The molecule has 2 N–H and O–H groups in total. The minimum Gasteiger partial charge on any atom is -0.378 e. The third-order valence-electron chi connectivity index (χ3n) is 4.83. The summed E-state index contributed by atoms with van der Waals surface area (Å²) in [6, 6.07) is 17.7. The normalized spacial score (nSPS) is 13.5. The summed E-state index contributed by atoms with van der Waals surface area (Å²) in [6.45, 7) is 8.70. The van der Waals surface area contributed by atoms with E-state index in [1.807, 2.05) is 42.5 Å². The van der Waals surface area contributed by atoms with Gasteiger partial charge in [-0.3, -0.25) is 4.79 Å². The molecule has 0 bridgehead atoms. The molecule has 2 heterocycles. The van der Waals surface area contributed by atoms with Gasteiger partial charge in [0.2, 0.25) is 5.95 Å². The fraction of sp³-hybridized carbons (Fsp3) is 0.208. The first-order valence-corrected chi connectivity index (χ1v) is 11.2. The summed E-state index contributed by atoms with van der Waals surface area (Å²) in [7, 11) is 0. The number of nitrogens with zero attached hydrogens (tertiary/aromatic N) is 3. The van der Waals surface area contributed by atoms with Crippen molar-refractivity contribution >= 4 is 40.7 Å². The minimum absolute atomic E-state index is 0.194. The van der Waals surface area contributed by atoms with Gasteiger partial charge in [-0.05, 0) is 55.5 Å². The van der Waals surface area contributed by atoms with Gasteiger partial charge in [-0.1, -0.05) is 24.4 Å². The molecule has 1 aromatic heterocycles. The van der Waals surface area contributed by atoms with Crippen molar-refractivity contribution in [1.82, 2.24) is 9.97 Å². The van der Waals surface area contributed by atoms with Gasteiger partial charge in [0.15, 0.2) is 0 Å². The third-order valence-corrected chi connectivity index (χ3v) is 5.76. The Morgan fingerprint density at radius 3 is 2.62 bits per heavy atom. The molecule has 0 aliphatic carbocycles. The Balaban J connectivity index is 1.40. The van der Waals surface area contributed by atoms with Crippen molar-refractivity contribution in [2.75, 3.05) is 41.8 Å². The molecule has 1 aliphatic heterocycles. The van der Waals surface area contributed by atoms with E-state index in [2.05, 4.69) is 44.2 Å². The van der Waals surface area contributed by atoms with Crippen molar-refractivity contribution in [3.05, 3.63) is 72.9 Å². The van der Waals surface area contributed by atoms with Crippen LogP contribution in [-0.4, -0.2) is 42.2 Å². The summed E-state index contributed by atoms with van der Waals surface area (Å²) in [4.78, 5) is 24.1. The second kappa shape index (κ2) is 10.3. The van der Waals surface area contributed by atoms with Crippen LogP contribution in [0.4, 0.5) is 23.0 Å². The number of carbonyl (C=O) groups is 1. The number of carbonyl (C=O) groups excluding carboxylic acids is 1. The van der Waals surface area contributed by atoms with Gasteiger partial charge in [0.25, 0.3) is 5.91 Å². The maximum absolute atomic E-state index is 11.9.